The first-order chi connectivity index (χ1) is 10.9. The third-order valence-electron chi connectivity index (χ3n) is 4.31. The van der Waals surface area contributed by atoms with Crippen LogP contribution in [-0.2, 0) is 4.74 Å². The van der Waals surface area contributed by atoms with Gasteiger partial charge in [0.25, 0.3) is 0 Å². The van der Waals surface area contributed by atoms with Crippen LogP contribution >= 0.6 is 19.8 Å². The zero-order valence-corrected chi connectivity index (χ0v) is 17.2. The van der Waals surface area contributed by atoms with Crippen LogP contribution in [0.4, 0.5) is 4.79 Å². The Morgan fingerprint density at radius 2 is 1.87 bits per heavy atom. The fourth-order valence-corrected chi connectivity index (χ4v) is 9.43. The number of carbonyl (C=O) groups excluding carboxylic acids is 1. The van der Waals surface area contributed by atoms with Gasteiger partial charge in [0.1, 0.15) is 0 Å². The number of piperidine rings is 1. The number of carbonyl (C=O) groups is 1. The van der Waals surface area contributed by atoms with Gasteiger partial charge in [-0.05, 0) is 0 Å². The summed E-state index contributed by atoms with van der Waals surface area (Å²) in [5.41, 5.74) is -0.0210. The van der Waals surface area contributed by atoms with E-state index in [1.165, 1.54) is 12.6 Å². The molecule has 5 nitrogen and oxygen atoms in total. The number of halogens is 1. The topological polar surface area (TPSA) is 53.9 Å². The molecule has 23 heavy (non-hydrogen) atoms. The minimum absolute atomic E-state index is 0.0210. The second-order valence-corrected chi connectivity index (χ2v) is 13.0. The molecule has 0 spiro atoms. The average molecular weight is 437 g/mol. The predicted molar refractivity (Wildman–Crippen MR) is 105 cm³/mol. The van der Waals surface area contributed by atoms with Gasteiger partial charge in [-0.1, -0.05) is 0 Å². The summed E-state index contributed by atoms with van der Waals surface area (Å²) in [6.45, 7) is 14.0. The van der Waals surface area contributed by atoms with Crippen molar-refractivity contribution in [3.63, 3.8) is 0 Å². The second kappa shape index (κ2) is 8.76. The van der Waals surface area contributed by atoms with Gasteiger partial charge in [0, 0.05) is 0 Å². The first-order valence-corrected chi connectivity index (χ1v) is 12.9. The third-order valence-corrected chi connectivity index (χ3v) is 11.3. The summed E-state index contributed by atoms with van der Waals surface area (Å²) in [5, 5.41) is 3.41. The number of likely N-dealkylation sites (tertiary alicyclic amines) is 1. The molecule has 2 saturated heterocycles. The van der Waals surface area contributed by atoms with Gasteiger partial charge < -0.3 is 0 Å². The fraction of sp³-hybridized carbons (Fsp3) is 0.882. The molecule has 1 amide bonds. The van der Waals surface area contributed by atoms with Gasteiger partial charge in [-0.15, -0.1) is 0 Å². The van der Waals surface area contributed by atoms with Crippen molar-refractivity contribution >= 4 is 29.6 Å². The zero-order valence-electron chi connectivity index (χ0n) is 15.0. The first kappa shape index (κ1) is 19.1. The van der Waals surface area contributed by atoms with Gasteiger partial charge in [-0.2, -0.15) is 0 Å². The Bertz CT molecular complexity index is 420. The van der Waals surface area contributed by atoms with Crippen molar-refractivity contribution in [2.24, 2.45) is 10.4 Å². The van der Waals surface area contributed by atoms with Gasteiger partial charge in [0.15, 0.2) is 0 Å². The maximum atomic E-state index is 12.3. The summed E-state index contributed by atoms with van der Waals surface area (Å²) in [7, 11) is 0. The molecule has 134 valence electrons. The molecular formula is C17H32IN3O2. The van der Waals surface area contributed by atoms with Gasteiger partial charge in [-0.3, -0.25) is 0 Å². The zero-order chi connectivity index (χ0) is 16.9. The Labute approximate surface area is 148 Å². The van der Waals surface area contributed by atoms with E-state index in [1.54, 1.807) is 0 Å². The molecule has 0 aromatic heterocycles. The summed E-state index contributed by atoms with van der Waals surface area (Å²) >= 11 is -1.31. The number of hydrogen-bond acceptors (Lipinski definition) is 4. The summed E-state index contributed by atoms with van der Waals surface area (Å²) in [6, 6.07) is 0. The Hall–Kier alpha value is -0.210. The van der Waals surface area contributed by atoms with Crippen molar-refractivity contribution in [3.05, 3.63) is 0 Å². The molecule has 2 aliphatic heterocycles. The average Bonchev–Trinajstić information content (AvgIpc) is 2.53. The summed E-state index contributed by atoms with van der Waals surface area (Å²) in [5.74, 6) is 0. The molecule has 0 aliphatic carbocycles. The molecular weight excluding hydrogens is 405 g/mol. The second-order valence-electron chi connectivity index (χ2n) is 7.25. The standard InChI is InChI=1S/C17H32IN3O2/c1-5-21-12-6-14(7-13-21)23-16(22)20-15(17(2,3)4)18-8-10-19-11-9-18/h14,19H,5-13H2,1-4H3. The van der Waals surface area contributed by atoms with E-state index in [9.17, 15) is 4.79 Å². The predicted octanol–water partition coefficient (Wildman–Crippen LogP) is 3.16. The monoisotopic (exact) mass is 437 g/mol. The van der Waals surface area contributed by atoms with Crippen LogP contribution in [0.1, 0.15) is 40.5 Å². The number of rotatable bonds is 3. The van der Waals surface area contributed by atoms with Crippen molar-refractivity contribution in [1.29, 1.82) is 0 Å². The number of amides is 1. The van der Waals surface area contributed by atoms with Crippen LogP contribution in [0.15, 0.2) is 4.99 Å². The molecule has 2 fully saturated rings. The van der Waals surface area contributed by atoms with E-state index in [1.807, 2.05) is 0 Å². The van der Waals surface area contributed by atoms with E-state index in [-0.39, 0.29) is 17.6 Å². The molecule has 0 radical (unpaired) electrons. The van der Waals surface area contributed by atoms with Crippen molar-refractivity contribution in [3.8, 4) is 0 Å². The number of ether oxygens (including phenoxy) is 1. The number of alkyl halides is 2. The number of nitrogens with zero attached hydrogens (tertiary/aromatic N) is 2. The Morgan fingerprint density at radius 3 is 2.39 bits per heavy atom. The van der Waals surface area contributed by atoms with E-state index in [4.69, 9.17) is 4.74 Å². The first-order valence-electron chi connectivity index (χ1n) is 8.74. The van der Waals surface area contributed by atoms with Crippen LogP contribution in [0.25, 0.3) is 0 Å². The Kier molecular flexibility index (Phi) is 7.28. The van der Waals surface area contributed by atoms with Crippen LogP contribution in [0.5, 0.6) is 0 Å². The quantitative estimate of drug-likeness (QED) is 0.419. The molecule has 0 atom stereocenters. The van der Waals surface area contributed by atoms with Gasteiger partial charge in [0.05, 0.1) is 0 Å². The number of aliphatic imine (C=N–C) groups is 1. The molecule has 0 aromatic rings. The fourth-order valence-electron chi connectivity index (χ4n) is 2.98. The summed E-state index contributed by atoms with van der Waals surface area (Å²) < 4.78 is 9.24. The molecule has 2 rings (SSSR count). The molecule has 2 heterocycles. The van der Waals surface area contributed by atoms with Crippen LogP contribution in [0.3, 0.4) is 0 Å². The van der Waals surface area contributed by atoms with E-state index in [2.05, 4.69) is 42.9 Å². The molecule has 0 aromatic carbocycles. The van der Waals surface area contributed by atoms with Crippen molar-refractivity contribution in [1.82, 2.24) is 10.2 Å². The summed E-state index contributed by atoms with van der Waals surface area (Å²) in [4.78, 5) is 19.2. The van der Waals surface area contributed by atoms with E-state index in [0.717, 1.165) is 45.6 Å². The molecule has 0 unspecified atom stereocenters. The number of nitrogens with one attached hydrogen (secondary N) is 1. The maximum absolute atomic E-state index is 12.3. The van der Waals surface area contributed by atoms with E-state index < -0.39 is 19.8 Å². The van der Waals surface area contributed by atoms with Crippen molar-refractivity contribution in [2.75, 3.05) is 41.6 Å². The molecule has 1 N–H and O–H groups in total. The van der Waals surface area contributed by atoms with Gasteiger partial charge in [0.2, 0.25) is 0 Å². The van der Waals surface area contributed by atoms with Gasteiger partial charge >= 0.3 is 148 Å². The summed E-state index contributed by atoms with van der Waals surface area (Å²) in [6.07, 6.45) is 1.58. The van der Waals surface area contributed by atoms with Crippen LogP contribution in [-0.4, -0.2) is 62.4 Å². The Balaban J connectivity index is 1.96. The molecule has 6 heteroatoms. The van der Waals surface area contributed by atoms with Crippen molar-refractivity contribution < 1.29 is 9.53 Å². The SMILES string of the molecule is CCN1CCC(OC(=O)N=C(I2CCNCC2)C(C)(C)C)CC1. The number of hydrogen-bond donors (Lipinski definition) is 1. The minimum atomic E-state index is -1.31. The normalized spacial score (nSPS) is 23.8. The van der Waals surface area contributed by atoms with Crippen LogP contribution in [0, 0.1) is 5.41 Å². The van der Waals surface area contributed by atoms with Gasteiger partial charge in [-0.25, -0.2) is 0 Å². The van der Waals surface area contributed by atoms with E-state index in [0.29, 0.717) is 0 Å². The van der Waals surface area contributed by atoms with Crippen molar-refractivity contribution in [2.45, 2.75) is 46.6 Å². The van der Waals surface area contributed by atoms with E-state index >= 15 is 0 Å². The molecule has 0 bridgehead atoms. The van der Waals surface area contributed by atoms with Crippen LogP contribution in [0.2, 0.25) is 0 Å². The third kappa shape index (κ3) is 5.98. The molecule has 0 saturated carbocycles. The Morgan fingerprint density at radius 1 is 1.26 bits per heavy atom. The van der Waals surface area contributed by atoms with Crippen LogP contribution < -0.4 is 5.32 Å². The molecule has 2 aliphatic rings.